The number of aromatic nitrogens is 2. The molecule has 1 saturated carbocycles. The second kappa shape index (κ2) is 6.22. The van der Waals surface area contributed by atoms with Crippen LogP contribution < -0.4 is 5.32 Å². The van der Waals surface area contributed by atoms with Crippen LogP contribution >= 0.6 is 0 Å². The molecule has 1 saturated heterocycles. The van der Waals surface area contributed by atoms with Crippen LogP contribution in [0.1, 0.15) is 63.6 Å². The minimum absolute atomic E-state index is 0.501. The van der Waals surface area contributed by atoms with Gasteiger partial charge < -0.3 is 9.84 Å². The quantitative estimate of drug-likeness (QED) is 0.865. The fourth-order valence-electron chi connectivity index (χ4n) is 2.83. The monoisotopic (exact) mass is 278 g/mol. The smallest absolute Gasteiger partial charge is 0.229 e. The fraction of sp³-hybridized carbons (Fsp3) is 0.867. The highest BCUT2D eigenvalue weighted by atomic mass is 16.5. The van der Waals surface area contributed by atoms with Gasteiger partial charge in [-0.2, -0.15) is 4.98 Å². The van der Waals surface area contributed by atoms with Crippen LogP contribution in [0.4, 0.5) is 0 Å². The van der Waals surface area contributed by atoms with Gasteiger partial charge in [0.2, 0.25) is 5.89 Å². The van der Waals surface area contributed by atoms with E-state index in [4.69, 9.17) is 4.52 Å². The van der Waals surface area contributed by atoms with Crippen LogP contribution in [0.25, 0.3) is 0 Å². The van der Waals surface area contributed by atoms with E-state index in [9.17, 15) is 0 Å². The predicted molar refractivity (Wildman–Crippen MR) is 77.5 cm³/mol. The zero-order chi connectivity index (χ0) is 13.9. The van der Waals surface area contributed by atoms with Crippen molar-refractivity contribution in [3.63, 3.8) is 0 Å². The van der Waals surface area contributed by atoms with Crippen LogP contribution in [0.15, 0.2) is 4.52 Å². The number of nitrogens with one attached hydrogen (secondary N) is 1. The first-order chi connectivity index (χ1) is 9.72. The molecule has 5 heteroatoms. The van der Waals surface area contributed by atoms with Gasteiger partial charge in [0, 0.05) is 24.5 Å². The number of piperidine rings is 1. The van der Waals surface area contributed by atoms with Crippen molar-refractivity contribution in [2.45, 2.75) is 70.5 Å². The Kier molecular flexibility index (Phi) is 4.36. The minimum atomic E-state index is 0.501. The lowest BCUT2D eigenvalue weighted by molar-refractivity contribution is 0.171. The van der Waals surface area contributed by atoms with Gasteiger partial charge >= 0.3 is 0 Å². The van der Waals surface area contributed by atoms with Gasteiger partial charge in [-0.05, 0) is 46.1 Å². The summed E-state index contributed by atoms with van der Waals surface area (Å²) in [5.74, 6) is 2.24. The normalized spacial score (nSPS) is 23.7. The molecule has 112 valence electrons. The third kappa shape index (κ3) is 3.58. The first-order valence-corrected chi connectivity index (χ1v) is 8.02. The molecule has 0 spiro atoms. The summed E-state index contributed by atoms with van der Waals surface area (Å²) in [5, 5.41) is 7.76. The molecule has 1 unspecified atom stereocenters. The van der Waals surface area contributed by atoms with E-state index in [1.54, 1.807) is 0 Å². The third-order valence-electron chi connectivity index (χ3n) is 4.35. The highest BCUT2D eigenvalue weighted by Gasteiger charge is 2.30. The van der Waals surface area contributed by atoms with E-state index in [2.05, 4.69) is 34.2 Å². The predicted octanol–water partition coefficient (Wildman–Crippen LogP) is 2.30. The van der Waals surface area contributed by atoms with Crippen LogP contribution in [0.5, 0.6) is 0 Å². The maximum absolute atomic E-state index is 5.36. The molecule has 1 N–H and O–H groups in total. The largest absolute Gasteiger partial charge is 0.339 e. The summed E-state index contributed by atoms with van der Waals surface area (Å²) in [6.07, 6.45) is 6.36. The minimum Gasteiger partial charge on any atom is -0.339 e. The second-order valence-corrected chi connectivity index (χ2v) is 6.49. The molecule has 1 aliphatic heterocycles. The summed E-state index contributed by atoms with van der Waals surface area (Å²) in [7, 11) is 0. The Morgan fingerprint density at radius 1 is 1.30 bits per heavy atom. The lowest BCUT2D eigenvalue weighted by Crippen LogP contribution is -2.45. The van der Waals surface area contributed by atoms with Gasteiger partial charge in [0.1, 0.15) is 0 Å². The molecular weight excluding hydrogens is 252 g/mol. The molecular formula is C15H26N4O. The van der Waals surface area contributed by atoms with Crippen molar-refractivity contribution in [2.24, 2.45) is 0 Å². The van der Waals surface area contributed by atoms with E-state index < -0.39 is 0 Å². The van der Waals surface area contributed by atoms with Crippen LogP contribution in [0, 0.1) is 0 Å². The molecule has 2 fully saturated rings. The standard InChI is InChI=1S/C15H26N4O/c1-11(2)19(9-13-5-3-4-8-16-13)10-14-17-15(20-18-14)12-6-7-12/h11-13,16H,3-10H2,1-2H3. The van der Waals surface area contributed by atoms with Crippen LogP contribution in [-0.4, -0.2) is 40.2 Å². The Morgan fingerprint density at radius 3 is 2.80 bits per heavy atom. The van der Waals surface area contributed by atoms with Gasteiger partial charge in [0.15, 0.2) is 5.82 Å². The number of nitrogens with zero attached hydrogens (tertiary/aromatic N) is 3. The third-order valence-corrected chi connectivity index (χ3v) is 4.35. The maximum Gasteiger partial charge on any atom is 0.229 e. The Labute approximate surface area is 121 Å². The Bertz CT molecular complexity index is 421. The van der Waals surface area contributed by atoms with Crippen LogP contribution in [0.2, 0.25) is 0 Å². The van der Waals surface area contributed by atoms with E-state index in [0.717, 1.165) is 31.3 Å². The SMILES string of the molecule is CC(C)N(Cc1noc(C2CC2)n1)CC1CCCCN1. The molecule has 0 radical (unpaired) electrons. The molecule has 0 amide bonds. The Balaban J connectivity index is 1.57. The van der Waals surface area contributed by atoms with Gasteiger partial charge in [-0.1, -0.05) is 11.6 Å². The molecule has 5 nitrogen and oxygen atoms in total. The van der Waals surface area contributed by atoms with Crippen LogP contribution in [0.3, 0.4) is 0 Å². The molecule has 2 aliphatic rings. The van der Waals surface area contributed by atoms with Crippen molar-refractivity contribution in [2.75, 3.05) is 13.1 Å². The fourth-order valence-corrected chi connectivity index (χ4v) is 2.83. The zero-order valence-corrected chi connectivity index (χ0v) is 12.6. The molecule has 3 rings (SSSR count). The zero-order valence-electron chi connectivity index (χ0n) is 12.6. The van der Waals surface area contributed by atoms with Gasteiger partial charge in [-0.3, -0.25) is 4.90 Å². The summed E-state index contributed by atoms with van der Waals surface area (Å²) < 4.78 is 5.36. The van der Waals surface area contributed by atoms with Crippen molar-refractivity contribution >= 4 is 0 Å². The van der Waals surface area contributed by atoms with Crippen molar-refractivity contribution in [1.82, 2.24) is 20.4 Å². The van der Waals surface area contributed by atoms with E-state index in [-0.39, 0.29) is 0 Å². The summed E-state index contributed by atoms with van der Waals surface area (Å²) in [6.45, 7) is 7.51. The average Bonchev–Trinajstić information content (AvgIpc) is 3.19. The highest BCUT2D eigenvalue weighted by molar-refractivity contribution is 5.01. The summed E-state index contributed by atoms with van der Waals surface area (Å²) in [4.78, 5) is 7.00. The molecule has 1 aromatic rings. The topological polar surface area (TPSA) is 54.2 Å². The average molecular weight is 278 g/mol. The van der Waals surface area contributed by atoms with E-state index in [1.165, 1.54) is 32.1 Å². The Morgan fingerprint density at radius 2 is 2.15 bits per heavy atom. The van der Waals surface area contributed by atoms with Crippen molar-refractivity contribution in [3.8, 4) is 0 Å². The number of rotatable bonds is 6. The van der Waals surface area contributed by atoms with Gasteiger partial charge in [0.25, 0.3) is 0 Å². The van der Waals surface area contributed by atoms with Crippen molar-refractivity contribution in [3.05, 3.63) is 11.7 Å². The lowest BCUT2D eigenvalue weighted by atomic mass is 10.0. The number of hydrogen-bond donors (Lipinski definition) is 1. The van der Waals surface area contributed by atoms with Gasteiger partial charge in [-0.25, -0.2) is 0 Å². The number of hydrogen-bond acceptors (Lipinski definition) is 5. The van der Waals surface area contributed by atoms with Crippen molar-refractivity contribution in [1.29, 1.82) is 0 Å². The van der Waals surface area contributed by atoms with E-state index >= 15 is 0 Å². The molecule has 2 heterocycles. The molecule has 20 heavy (non-hydrogen) atoms. The maximum atomic E-state index is 5.36. The molecule has 1 atom stereocenters. The first-order valence-electron chi connectivity index (χ1n) is 8.02. The summed E-state index contributed by atoms with van der Waals surface area (Å²) in [5.41, 5.74) is 0. The molecule has 1 aliphatic carbocycles. The Hall–Kier alpha value is -0.940. The van der Waals surface area contributed by atoms with Gasteiger partial charge in [-0.15, -0.1) is 0 Å². The summed E-state index contributed by atoms with van der Waals surface area (Å²) >= 11 is 0. The lowest BCUT2D eigenvalue weighted by Gasteiger charge is -2.32. The van der Waals surface area contributed by atoms with Gasteiger partial charge in [0.05, 0.1) is 6.54 Å². The highest BCUT2D eigenvalue weighted by Crippen LogP contribution is 2.38. The van der Waals surface area contributed by atoms with Crippen molar-refractivity contribution < 1.29 is 4.52 Å². The molecule has 0 bridgehead atoms. The molecule has 1 aromatic heterocycles. The van der Waals surface area contributed by atoms with E-state index in [0.29, 0.717) is 18.0 Å². The van der Waals surface area contributed by atoms with E-state index in [1.807, 2.05) is 0 Å². The second-order valence-electron chi connectivity index (χ2n) is 6.49. The van der Waals surface area contributed by atoms with Crippen LogP contribution in [-0.2, 0) is 6.54 Å². The molecule has 0 aromatic carbocycles. The first kappa shape index (κ1) is 14.0. The summed E-state index contributed by atoms with van der Waals surface area (Å²) in [6, 6.07) is 1.11.